The van der Waals surface area contributed by atoms with Crippen molar-refractivity contribution in [3.05, 3.63) is 72.8 Å². The van der Waals surface area contributed by atoms with Crippen molar-refractivity contribution in [3.63, 3.8) is 0 Å². The summed E-state index contributed by atoms with van der Waals surface area (Å²) >= 11 is 0. The average Bonchev–Trinajstić information content (AvgIpc) is 2.88. The second kappa shape index (κ2) is 12.0. The number of sulfonamides is 1. The number of methoxy groups -OCH3 is 1. The van der Waals surface area contributed by atoms with Gasteiger partial charge in [0, 0.05) is 36.4 Å². The molecule has 0 atom stereocenters. The lowest BCUT2D eigenvalue weighted by atomic mass is 9.84. The van der Waals surface area contributed by atoms with Crippen LogP contribution in [0.15, 0.2) is 61.7 Å². The van der Waals surface area contributed by atoms with Crippen LogP contribution in [0.25, 0.3) is 0 Å². The molecule has 1 N–H and O–H groups in total. The smallest absolute Gasteiger partial charge is 0.331 e. The first-order valence-electron chi connectivity index (χ1n) is 12.7. The summed E-state index contributed by atoms with van der Waals surface area (Å²) in [6, 6.07) is 9.28. The SMILES string of the molecule is C=CCN1C(=O)CCN(c2cc(C(=O)Nc3ccc(N(CC=C)S(C)(=O)=O)cc3)c(OC)c(C(C)(C)C)c2)C1=O. The molecule has 0 bridgehead atoms. The first-order valence-corrected chi connectivity index (χ1v) is 14.5. The molecule has 0 unspecified atom stereocenters. The van der Waals surface area contributed by atoms with Crippen molar-refractivity contribution in [1.82, 2.24) is 4.90 Å². The van der Waals surface area contributed by atoms with E-state index >= 15 is 0 Å². The number of carbonyl (C=O) groups is 3. The Morgan fingerprint density at radius 2 is 1.77 bits per heavy atom. The first-order chi connectivity index (χ1) is 18.7. The van der Waals surface area contributed by atoms with Crippen LogP contribution in [0, 0.1) is 0 Å². The van der Waals surface area contributed by atoms with Gasteiger partial charge in [0.15, 0.2) is 0 Å². The summed E-state index contributed by atoms with van der Waals surface area (Å²) in [5.41, 5.74) is 1.79. The van der Waals surface area contributed by atoms with E-state index in [4.69, 9.17) is 4.74 Å². The fourth-order valence-electron chi connectivity index (χ4n) is 4.41. The van der Waals surface area contributed by atoms with E-state index in [0.717, 1.165) is 11.2 Å². The maximum atomic E-state index is 13.6. The number of hydrogen-bond donors (Lipinski definition) is 1. The van der Waals surface area contributed by atoms with Crippen LogP contribution in [0.4, 0.5) is 21.9 Å². The molecule has 0 aliphatic carbocycles. The number of benzene rings is 2. The van der Waals surface area contributed by atoms with Crippen LogP contribution in [0.1, 0.15) is 43.1 Å². The lowest BCUT2D eigenvalue weighted by Gasteiger charge is -2.35. The molecule has 2 aromatic rings. The molecule has 1 heterocycles. The van der Waals surface area contributed by atoms with Crippen LogP contribution >= 0.6 is 0 Å². The summed E-state index contributed by atoms with van der Waals surface area (Å²) in [6.45, 7) is 13.5. The Bertz CT molecular complexity index is 1430. The highest BCUT2D eigenvalue weighted by molar-refractivity contribution is 7.92. The molecule has 2 aromatic carbocycles. The maximum absolute atomic E-state index is 13.6. The van der Waals surface area contributed by atoms with Gasteiger partial charge in [-0.15, -0.1) is 13.2 Å². The van der Waals surface area contributed by atoms with Gasteiger partial charge >= 0.3 is 6.03 Å². The molecule has 10 nitrogen and oxygen atoms in total. The minimum atomic E-state index is -3.52. The van der Waals surface area contributed by atoms with Gasteiger partial charge in [-0.25, -0.2) is 13.2 Å². The van der Waals surface area contributed by atoms with E-state index in [1.807, 2.05) is 26.8 Å². The third-order valence-corrected chi connectivity index (χ3v) is 7.53. The van der Waals surface area contributed by atoms with Crippen molar-refractivity contribution < 1.29 is 27.5 Å². The molecule has 0 radical (unpaired) electrons. The minimum absolute atomic E-state index is 0.0867. The van der Waals surface area contributed by atoms with Gasteiger partial charge in [-0.05, 0) is 41.8 Å². The Labute approximate surface area is 235 Å². The van der Waals surface area contributed by atoms with Gasteiger partial charge in [0.2, 0.25) is 15.9 Å². The van der Waals surface area contributed by atoms with Gasteiger partial charge in [-0.3, -0.25) is 23.7 Å². The summed E-state index contributed by atoms with van der Waals surface area (Å²) in [5.74, 6) is -0.399. The van der Waals surface area contributed by atoms with Crippen molar-refractivity contribution in [2.45, 2.75) is 32.6 Å². The van der Waals surface area contributed by atoms with E-state index in [1.165, 1.54) is 28.5 Å². The molecule has 40 heavy (non-hydrogen) atoms. The Morgan fingerprint density at radius 3 is 2.30 bits per heavy atom. The molecular formula is C29H36N4O6S. The maximum Gasteiger partial charge on any atom is 0.331 e. The van der Waals surface area contributed by atoms with Crippen molar-refractivity contribution in [3.8, 4) is 5.75 Å². The average molecular weight is 569 g/mol. The van der Waals surface area contributed by atoms with Gasteiger partial charge in [0.25, 0.3) is 5.91 Å². The van der Waals surface area contributed by atoms with Crippen molar-refractivity contribution in [1.29, 1.82) is 0 Å². The van der Waals surface area contributed by atoms with E-state index < -0.39 is 27.4 Å². The summed E-state index contributed by atoms with van der Waals surface area (Å²) in [7, 11) is -2.04. The molecule has 0 aromatic heterocycles. The number of ether oxygens (including phenoxy) is 1. The highest BCUT2D eigenvalue weighted by Gasteiger charge is 2.34. The number of imide groups is 1. The molecule has 1 saturated heterocycles. The lowest BCUT2D eigenvalue weighted by molar-refractivity contribution is -0.128. The van der Waals surface area contributed by atoms with E-state index in [2.05, 4.69) is 18.5 Å². The molecule has 0 saturated carbocycles. The normalized spacial score (nSPS) is 14.1. The molecule has 0 spiro atoms. The zero-order chi connectivity index (χ0) is 29.8. The molecule has 3 rings (SSSR count). The van der Waals surface area contributed by atoms with E-state index in [-0.39, 0.29) is 37.5 Å². The number of carbonyl (C=O) groups excluding carboxylic acids is 3. The predicted molar refractivity (Wildman–Crippen MR) is 158 cm³/mol. The highest BCUT2D eigenvalue weighted by Crippen LogP contribution is 2.39. The minimum Gasteiger partial charge on any atom is -0.496 e. The number of amides is 4. The van der Waals surface area contributed by atoms with Crippen LogP contribution in [0.5, 0.6) is 5.75 Å². The van der Waals surface area contributed by atoms with Gasteiger partial charge in [0.1, 0.15) is 5.75 Å². The van der Waals surface area contributed by atoms with Crippen LogP contribution in [0.2, 0.25) is 0 Å². The second-order valence-electron chi connectivity index (χ2n) is 10.4. The third kappa shape index (κ3) is 6.53. The van der Waals surface area contributed by atoms with E-state index in [0.29, 0.717) is 28.4 Å². The number of nitrogens with zero attached hydrogens (tertiary/aromatic N) is 3. The quantitative estimate of drug-likeness (QED) is 0.421. The molecule has 1 aliphatic heterocycles. The van der Waals surface area contributed by atoms with E-state index in [9.17, 15) is 22.8 Å². The fourth-order valence-corrected chi connectivity index (χ4v) is 5.29. The molecule has 4 amide bonds. The Balaban J connectivity index is 2.02. The Kier molecular flexibility index (Phi) is 9.09. The van der Waals surface area contributed by atoms with Crippen LogP contribution in [-0.4, -0.2) is 64.2 Å². The molecule has 11 heteroatoms. The Morgan fingerprint density at radius 1 is 1.12 bits per heavy atom. The van der Waals surface area contributed by atoms with Gasteiger partial charge < -0.3 is 10.1 Å². The largest absolute Gasteiger partial charge is 0.496 e. The van der Waals surface area contributed by atoms with Gasteiger partial charge in [-0.1, -0.05) is 32.9 Å². The highest BCUT2D eigenvalue weighted by atomic mass is 32.2. The fraction of sp³-hybridized carbons (Fsp3) is 0.345. The topological polar surface area (TPSA) is 116 Å². The van der Waals surface area contributed by atoms with Gasteiger partial charge in [0.05, 0.1) is 31.2 Å². The monoisotopic (exact) mass is 568 g/mol. The molecule has 1 aliphatic rings. The number of nitrogens with one attached hydrogen (secondary N) is 1. The molecular weight excluding hydrogens is 532 g/mol. The van der Waals surface area contributed by atoms with Crippen LogP contribution in [-0.2, 0) is 20.2 Å². The van der Waals surface area contributed by atoms with Crippen molar-refractivity contribution in [2.75, 3.05) is 47.5 Å². The predicted octanol–water partition coefficient (Wildman–Crippen LogP) is 4.54. The Hall–Kier alpha value is -4.12. The molecule has 214 valence electrons. The lowest BCUT2D eigenvalue weighted by Crippen LogP contribution is -2.52. The van der Waals surface area contributed by atoms with Crippen LogP contribution in [0.3, 0.4) is 0 Å². The standard InChI is InChI=1S/C29H36N4O6S/c1-8-15-32-25(34)14-17-31(28(32)36)22-18-23(26(39-6)24(19-22)29(3,4)5)27(35)30-20-10-12-21(13-11-20)33(16-9-2)40(7,37)38/h8-13,18-19H,1-2,14-17H2,3-7H3,(H,30,35). The second-order valence-corrected chi connectivity index (χ2v) is 12.3. The summed E-state index contributed by atoms with van der Waals surface area (Å²) in [6.07, 6.45) is 4.23. The first kappa shape index (κ1) is 30.4. The zero-order valence-corrected chi connectivity index (χ0v) is 24.4. The number of urea groups is 1. The zero-order valence-electron chi connectivity index (χ0n) is 23.6. The van der Waals surface area contributed by atoms with E-state index in [1.54, 1.807) is 30.3 Å². The summed E-state index contributed by atoms with van der Waals surface area (Å²) in [4.78, 5) is 41.8. The van der Waals surface area contributed by atoms with Crippen molar-refractivity contribution in [2.24, 2.45) is 0 Å². The van der Waals surface area contributed by atoms with Gasteiger partial charge in [-0.2, -0.15) is 0 Å². The van der Waals surface area contributed by atoms with Crippen molar-refractivity contribution >= 4 is 44.9 Å². The summed E-state index contributed by atoms with van der Waals surface area (Å²) < 4.78 is 31.2. The van der Waals surface area contributed by atoms with Crippen LogP contribution < -0.4 is 19.3 Å². The molecule has 1 fully saturated rings. The summed E-state index contributed by atoms with van der Waals surface area (Å²) in [5, 5.41) is 2.84. The number of hydrogen-bond acceptors (Lipinski definition) is 6. The third-order valence-electron chi connectivity index (χ3n) is 6.37. The number of anilines is 3. The number of rotatable bonds is 10.